The zero-order valence-corrected chi connectivity index (χ0v) is 19.6. The number of benzene rings is 2. The van der Waals surface area contributed by atoms with Crippen LogP contribution >= 0.6 is 35.0 Å². The lowest BCUT2D eigenvalue weighted by Gasteiger charge is -2.22. The zero-order valence-electron chi connectivity index (χ0n) is 16.4. The van der Waals surface area contributed by atoms with Gasteiger partial charge in [-0.3, -0.25) is 9.10 Å². The van der Waals surface area contributed by atoms with Gasteiger partial charge in [-0.15, -0.1) is 0 Å². The molecule has 0 atom stereocenters. The Kier molecular flexibility index (Phi) is 9.74. The molecule has 2 aromatic carbocycles. The van der Waals surface area contributed by atoms with E-state index in [1.54, 1.807) is 17.8 Å². The molecule has 0 aliphatic heterocycles. The van der Waals surface area contributed by atoms with E-state index in [0.717, 1.165) is 23.3 Å². The van der Waals surface area contributed by atoms with E-state index in [-0.39, 0.29) is 18.9 Å². The average Bonchev–Trinajstić information content (AvgIpc) is 2.68. The maximum Gasteiger partial charge on any atom is 0.232 e. The molecule has 0 fully saturated rings. The van der Waals surface area contributed by atoms with Crippen molar-refractivity contribution in [3.8, 4) is 0 Å². The van der Waals surface area contributed by atoms with Gasteiger partial charge in [0.15, 0.2) is 0 Å². The van der Waals surface area contributed by atoms with Gasteiger partial charge < -0.3 is 5.32 Å². The van der Waals surface area contributed by atoms with Gasteiger partial charge in [0.05, 0.1) is 22.0 Å². The summed E-state index contributed by atoms with van der Waals surface area (Å²) in [4.78, 5) is 12.0. The summed E-state index contributed by atoms with van der Waals surface area (Å²) in [6.07, 6.45) is 1.64. The molecule has 5 nitrogen and oxygen atoms in total. The van der Waals surface area contributed by atoms with Gasteiger partial charge in [-0.1, -0.05) is 29.3 Å². The second kappa shape index (κ2) is 11.8. The third kappa shape index (κ3) is 8.34. The van der Waals surface area contributed by atoms with Gasteiger partial charge in [-0.2, -0.15) is 11.8 Å². The van der Waals surface area contributed by atoms with E-state index >= 15 is 0 Å². The highest BCUT2D eigenvalue weighted by atomic mass is 35.5. The smallest absolute Gasteiger partial charge is 0.232 e. The minimum atomic E-state index is -3.53. The summed E-state index contributed by atoms with van der Waals surface area (Å²) >= 11 is 13.5. The maximum absolute atomic E-state index is 13.1. The number of sulfonamides is 1. The molecule has 0 aromatic heterocycles. The van der Waals surface area contributed by atoms with Gasteiger partial charge in [0.25, 0.3) is 0 Å². The van der Waals surface area contributed by atoms with Gasteiger partial charge in [0.2, 0.25) is 15.9 Å². The zero-order chi connectivity index (χ0) is 22.1. The number of halogens is 3. The van der Waals surface area contributed by atoms with Crippen LogP contribution in [0.15, 0.2) is 42.5 Å². The molecule has 0 saturated heterocycles. The second-order valence-corrected chi connectivity index (χ2v) is 10.4. The van der Waals surface area contributed by atoms with Crippen LogP contribution in [0.3, 0.4) is 0 Å². The Labute approximate surface area is 191 Å². The van der Waals surface area contributed by atoms with Crippen molar-refractivity contribution in [2.45, 2.75) is 18.6 Å². The molecule has 0 heterocycles. The molecule has 0 aliphatic rings. The molecule has 0 saturated carbocycles. The first-order chi connectivity index (χ1) is 14.2. The highest BCUT2D eigenvalue weighted by Crippen LogP contribution is 2.24. The molecule has 2 rings (SSSR count). The van der Waals surface area contributed by atoms with E-state index in [1.165, 1.54) is 28.6 Å². The van der Waals surface area contributed by atoms with Crippen LogP contribution in [0.5, 0.6) is 0 Å². The Morgan fingerprint density at radius 1 is 1.13 bits per heavy atom. The number of carbonyl (C=O) groups is 1. The van der Waals surface area contributed by atoms with Crippen LogP contribution in [0.2, 0.25) is 10.0 Å². The van der Waals surface area contributed by atoms with Crippen LogP contribution in [0.25, 0.3) is 0 Å². The van der Waals surface area contributed by atoms with Crippen molar-refractivity contribution in [1.29, 1.82) is 0 Å². The highest BCUT2D eigenvalue weighted by Gasteiger charge is 2.17. The molecule has 2 aromatic rings. The molecule has 164 valence electrons. The first-order valence-corrected chi connectivity index (χ1v) is 12.9. The third-order valence-corrected chi connectivity index (χ3v) is 7.06. The quantitative estimate of drug-likeness (QED) is 0.460. The first-order valence-electron chi connectivity index (χ1n) is 9.18. The highest BCUT2D eigenvalue weighted by molar-refractivity contribution is 7.98. The van der Waals surface area contributed by atoms with Crippen LogP contribution in [0.4, 0.5) is 10.1 Å². The Morgan fingerprint density at radius 2 is 1.83 bits per heavy atom. The first kappa shape index (κ1) is 24.8. The number of anilines is 1. The lowest BCUT2D eigenvalue weighted by Crippen LogP contribution is -2.32. The summed E-state index contributed by atoms with van der Waals surface area (Å²) in [7, 11) is -3.53. The molecule has 0 unspecified atom stereocenters. The second-order valence-electron chi connectivity index (χ2n) is 6.57. The van der Waals surface area contributed by atoms with Crippen molar-refractivity contribution in [2.24, 2.45) is 0 Å². The fraction of sp³-hybridized carbons (Fsp3) is 0.350. The average molecular weight is 493 g/mol. The van der Waals surface area contributed by atoms with Crippen molar-refractivity contribution in [3.05, 3.63) is 63.9 Å². The summed E-state index contributed by atoms with van der Waals surface area (Å²) in [5.41, 5.74) is 1.43. The molecular formula is C20H23Cl2FN2O3S2. The monoisotopic (exact) mass is 492 g/mol. The summed E-state index contributed by atoms with van der Waals surface area (Å²) in [6.45, 7) is 0.655. The summed E-state index contributed by atoms with van der Waals surface area (Å²) in [5.74, 6) is 0.909. The normalized spacial score (nSPS) is 11.3. The maximum atomic E-state index is 13.1. The van der Waals surface area contributed by atoms with Crippen LogP contribution in [0, 0.1) is 5.82 Å². The summed E-state index contributed by atoms with van der Waals surface area (Å²) in [5, 5.41) is 3.86. The lowest BCUT2D eigenvalue weighted by atomic mass is 10.2. The SMILES string of the molecule is CS(=O)(=O)N(CCCC(=O)NCCSCc1ccc(Cl)c(Cl)c1)c1ccc(F)cc1. The minimum absolute atomic E-state index is 0.141. The van der Waals surface area contributed by atoms with Crippen molar-refractivity contribution in [1.82, 2.24) is 5.32 Å². The van der Waals surface area contributed by atoms with Gasteiger partial charge in [0.1, 0.15) is 5.82 Å². The number of hydrogen-bond acceptors (Lipinski definition) is 4. The molecule has 1 N–H and O–H groups in total. The van der Waals surface area contributed by atoms with E-state index in [2.05, 4.69) is 5.32 Å². The number of carbonyl (C=O) groups excluding carboxylic acids is 1. The number of rotatable bonds is 11. The number of nitrogens with zero attached hydrogens (tertiary/aromatic N) is 1. The van der Waals surface area contributed by atoms with Crippen LogP contribution in [-0.4, -0.2) is 39.4 Å². The Morgan fingerprint density at radius 3 is 2.47 bits per heavy atom. The molecule has 30 heavy (non-hydrogen) atoms. The molecular weight excluding hydrogens is 470 g/mol. The number of thioether (sulfide) groups is 1. The number of hydrogen-bond donors (Lipinski definition) is 1. The summed E-state index contributed by atoms with van der Waals surface area (Å²) < 4.78 is 38.3. The standard InChI is InChI=1S/C20H23Cl2FN2O3S2/c1-30(27,28)25(17-7-5-16(23)6-8-17)11-2-3-20(26)24-10-12-29-14-15-4-9-18(21)19(22)13-15/h4-9,13H,2-3,10-12,14H2,1H3,(H,24,26). The van der Waals surface area contributed by atoms with E-state index in [1.807, 2.05) is 12.1 Å². The van der Waals surface area contributed by atoms with E-state index < -0.39 is 15.8 Å². The van der Waals surface area contributed by atoms with Crippen molar-refractivity contribution < 1.29 is 17.6 Å². The lowest BCUT2D eigenvalue weighted by molar-refractivity contribution is -0.121. The summed E-state index contributed by atoms with van der Waals surface area (Å²) in [6, 6.07) is 10.7. The Hall–Kier alpha value is -1.48. The largest absolute Gasteiger partial charge is 0.355 e. The molecule has 0 spiro atoms. The van der Waals surface area contributed by atoms with Crippen LogP contribution in [-0.2, 0) is 20.6 Å². The van der Waals surface area contributed by atoms with E-state index in [4.69, 9.17) is 23.2 Å². The molecule has 10 heteroatoms. The number of nitrogens with one attached hydrogen (secondary N) is 1. The van der Waals surface area contributed by atoms with Crippen molar-refractivity contribution in [2.75, 3.05) is 29.4 Å². The van der Waals surface area contributed by atoms with Crippen molar-refractivity contribution >= 4 is 56.6 Å². The van der Waals surface area contributed by atoms with Crippen LogP contribution in [0.1, 0.15) is 18.4 Å². The van der Waals surface area contributed by atoms with Gasteiger partial charge in [-0.05, 0) is 48.4 Å². The molecule has 0 bridgehead atoms. The third-order valence-electron chi connectivity index (χ3n) is 4.10. The van der Waals surface area contributed by atoms with E-state index in [9.17, 15) is 17.6 Å². The predicted molar refractivity (Wildman–Crippen MR) is 123 cm³/mol. The fourth-order valence-corrected chi connectivity index (χ4v) is 4.74. The van der Waals surface area contributed by atoms with Crippen LogP contribution < -0.4 is 9.62 Å². The van der Waals surface area contributed by atoms with Gasteiger partial charge in [0, 0.05) is 31.0 Å². The van der Waals surface area contributed by atoms with E-state index in [0.29, 0.717) is 28.7 Å². The minimum Gasteiger partial charge on any atom is -0.355 e. The molecule has 0 aliphatic carbocycles. The molecule has 1 amide bonds. The Bertz CT molecular complexity index is 957. The molecule has 0 radical (unpaired) electrons. The topological polar surface area (TPSA) is 66.5 Å². The Balaban J connectivity index is 1.69. The van der Waals surface area contributed by atoms with Gasteiger partial charge >= 0.3 is 0 Å². The van der Waals surface area contributed by atoms with Gasteiger partial charge in [-0.25, -0.2) is 12.8 Å². The van der Waals surface area contributed by atoms with Crippen molar-refractivity contribution in [3.63, 3.8) is 0 Å². The number of amides is 1. The predicted octanol–water partition coefficient (Wildman–Crippen LogP) is 4.73. The fourth-order valence-electron chi connectivity index (χ4n) is 2.65.